The molecule has 0 aromatic carbocycles. The summed E-state index contributed by atoms with van der Waals surface area (Å²) in [5.74, 6) is 1.13. The number of hydrogen-bond acceptors (Lipinski definition) is 4. The molecule has 2 N–H and O–H groups in total. The molecule has 5 heteroatoms. The Kier molecular flexibility index (Phi) is 1.48. The van der Waals surface area contributed by atoms with Gasteiger partial charge >= 0.3 is 0 Å². The van der Waals surface area contributed by atoms with E-state index < -0.39 is 0 Å². The quantitative estimate of drug-likeness (QED) is 0.650. The maximum absolute atomic E-state index is 5.44. The zero-order valence-electron chi connectivity index (χ0n) is 6.25. The van der Waals surface area contributed by atoms with Crippen molar-refractivity contribution >= 4 is 5.82 Å². The predicted octanol–water partition coefficient (Wildman–Crippen LogP) is 0.244. The van der Waals surface area contributed by atoms with Crippen LogP contribution in [0.1, 0.15) is 0 Å². The molecule has 5 nitrogen and oxygen atoms in total. The molecule has 0 saturated carbocycles. The van der Waals surface area contributed by atoms with Crippen LogP contribution in [0.2, 0.25) is 0 Å². The van der Waals surface area contributed by atoms with Gasteiger partial charge in [0.25, 0.3) is 0 Å². The summed E-state index contributed by atoms with van der Waals surface area (Å²) in [6, 6.07) is 5.30. The van der Waals surface area contributed by atoms with E-state index in [1.54, 1.807) is 35.3 Å². The molecule has 0 aliphatic heterocycles. The molecule has 0 saturated heterocycles. The maximum Gasteiger partial charge on any atom is 0.175 e. The summed E-state index contributed by atoms with van der Waals surface area (Å²) in [5.41, 5.74) is 5.44. The van der Waals surface area contributed by atoms with E-state index in [1.807, 2.05) is 0 Å². The van der Waals surface area contributed by atoms with Crippen molar-refractivity contribution in [2.75, 3.05) is 5.73 Å². The van der Waals surface area contributed by atoms with Crippen molar-refractivity contribution in [3.63, 3.8) is 0 Å². The lowest BCUT2D eigenvalue weighted by Gasteiger charge is -1.95. The van der Waals surface area contributed by atoms with Gasteiger partial charge in [0, 0.05) is 18.5 Å². The number of nitrogens with zero attached hydrogens (tertiary/aromatic N) is 4. The van der Waals surface area contributed by atoms with Gasteiger partial charge in [-0.3, -0.25) is 0 Å². The Hall–Kier alpha value is -1.91. The second-order valence-electron chi connectivity index (χ2n) is 2.27. The van der Waals surface area contributed by atoms with Crippen molar-refractivity contribution in [1.82, 2.24) is 20.0 Å². The lowest BCUT2D eigenvalue weighted by molar-refractivity contribution is 0.818. The van der Waals surface area contributed by atoms with Crippen molar-refractivity contribution < 1.29 is 0 Å². The van der Waals surface area contributed by atoms with E-state index in [9.17, 15) is 0 Å². The second-order valence-corrected chi connectivity index (χ2v) is 2.27. The van der Waals surface area contributed by atoms with Crippen LogP contribution in [0.25, 0.3) is 5.82 Å². The van der Waals surface area contributed by atoms with Crippen LogP contribution in [-0.4, -0.2) is 20.0 Å². The molecule has 2 rings (SSSR count). The van der Waals surface area contributed by atoms with E-state index in [4.69, 9.17) is 5.73 Å². The predicted molar refractivity (Wildman–Crippen MR) is 43.6 cm³/mol. The standard InChI is InChI=1S/C7H7N5/c8-6-3-5-12(11-6)7-2-1-4-9-10-7/h1-5H,(H2,8,11). The molecule has 0 bridgehead atoms. The Morgan fingerprint density at radius 2 is 2.25 bits per heavy atom. The number of hydrogen-bond donors (Lipinski definition) is 1. The number of anilines is 1. The normalized spacial score (nSPS) is 10.0. The second kappa shape index (κ2) is 2.61. The first-order valence-corrected chi connectivity index (χ1v) is 3.45. The number of aromatic nitrogens is 4. The van der Waals surface area contributed by atoms with Gasteiger partial charge in [0.05, 0.1) is 0 Å². The molecule has 0 atom stereocenters. The summed E-state index contributed by atoms with van der Waals surface area (Å²) in [6.45, 7) is 0. The van der Waals surface area contributed by atoms with Crippen molar-refractivity contribution in [1.29, 1.82) is 0 Å². The van der Waals surface area contributed by atoms with Crippen LogP contribution < -0.4 is 5.73 Å². The summed E-state index contributed by atoms with van der Waals surface area (Å²) in [4.78, 5) is 0. The fourth-order valence-corrected chi connectivity index (χ4v) is 0.881. The SMILES string of the molecule is Nc1ccn(-c2cccnn2)n1. The summed E-state index contributed by atoms with van der Waals surface area (Å²) in [5, 5.41) is 11.5. The summed E-state index contributed by atoms with van der Waals surface area (Å²) >= 11 is 0. The van der Waals surface area contributed by atoms with E-state index in [0.717, 1.165) is 0 Å². The molecular weight excluding hydrogens is 154 g/mol. The zero-order chi connectivity index (χ0) is 8.39. The first-order valence-electron chi connectivity index (χ1n) is 3.45. The molecule has 0 radical (unpaired) electrons. The highest BCUT2D eigenvalue weighted by molar-refractivity contribution is 5.28. The number of nitrogens with two attached hydrogens (primary N) is 1. The Morgan fingerprint density at radius 1 is 1.33 bits per heavy atom. The van der Waals surface area contributed by atoms with E-state index in [1.165, 1.54) is 0 Å². The Bertz CT molecular complexity index is 366. The molecule has 0 amide bonds. The minimum absolute atomic E-state index is 0.473. The molecule has 60 valence electrons. The zero-order valence-corrected chi connectivity index (χ0v) is 6.25. The van der Waals surface area contributed by atoms with Gasteiger partial charge in [-0.1, -0.05) is 0 Å². The lowest BCUT2D eigenvalue weighted by atomic mass is 10.5. The maximum atomic E-state index is 5.44. The first-order chi connectivity index (χ1) is 5.86. The molecule has 2 aromatic heterocycles. The van der Waals surface area contributed by atoms with E-state index in [2.05, 4.69) is 15.3 Å². The Labute approximate surface area is 68.8 Å². The van der Waals surface area contributed by atoms with Gasteiger partial charge in [0.15, 0.2) is 5.82 Å². The third-order valence-electron chi connectivity index (χ3n) is 1.40. The Balaban J connectivity index is 2.45. The monoisotopic (exact) mass is 161 g/mol. The van der Waals surface area contributed by atoms with Crippen LogP contribution in [0.3, 0.4) is 0 Å². The average Bonchev–Trinajstić information content (AvgIpc) is 2.54. The van der Waals surface area contributed by atoms with E-state index in [0.29, 0.717) is 11.6 Å². The summed E-state index contributed by atoms with van der Waals surface area (Å²) in [6.07, 6.45) is 3.34. The van der Waals surface area contributed by atoms with Gasteiger partial charge in [0.1, 0.15) is 5.82 Å². The fraction of sp³-hybridized carbons (Fsp3) is 0. The van der Waals surface area contributed by atoms with Gasteiger partial charge in [0.2, 0.25) is 0 Å². The molecule has 0 spiro atoms. The number of nitrogen functional groups attached to an aromatic ring is 1. The topological polar surface area (TPSA) is 69.6 Å². The highest BCUT2D eigenvalue weighted by atomic mass is 15.3. The average molecular weight is 161 g/mol. The molecule has 12 heavy (non-hydrogen) atoms. The van der Waals surface area contributed by atoms with Crippen molar-refractivity contribution in [3.8, 4) is 5.82 Å². The molecular formula is C7H7N5. The molecule has 2 heterocycles. The first kappa shape index (κ1) is 6.78. The smallest absolute Gasteiger partial charge is 0.175 e. The summed E-state index contributed by atoms with van der Waals surface area (Å²) < 4.78 is 1.57. The van der Waals surface area contributed by atoms with E-state index in [-0.39, 0.29) is 0 Å². The molecule has 0 fully saturated rings. The van der Waals surface area contributed by atoms with Gasteiger partial charge < -0.3 is 5.73 Å². The van der Waals surface area contributed by atoms with Crippen molar-refractivity contribution in [2.24, 2.45) is 0 Å². The van der Waals surface area contributed by atoms with Gasteiger partial charge in [-0.05, 0) is 12.1 Å². The van der Waals surface area contributed by atoms with Crippen LogP contribution in [-0.2, 0) is 0 Å². The fourth-order valence-electron chi connectivity index (χ4n) is 0.881. The van der Waals surface area contributed by atoms with Gasteiger partial charge in [-0.25, -0.2) is 4.68 Å². The van der Waals surface area contributed by atoms with Crippen LogP contribution in [0.15, 0.2) is 30.6 Å². The highest BCUT2D eigenvalue weighted by Crippen LogP contribution is 2.02. The number of rotatable bonds is 1. The van der Waals surface area contributed by atoms with Crippen LogP contribution >= 0.6 is 0 Å². The van der Waals surface area contributed by atoms with Crippen molar-refractivity contribution in [3.05, 3.63) is 30.6 Å². The summed E-state index contributed by atoms with van der Waals surface area (Å²) in [7, 11) is 0. The van der Waals surface area contributed by atoms with Crippen LogP contribution in [0.5, 0.6) is 0 Å². The molecule has 0 unspecified atom stereocenters. The van der Waals surface area contributed by atoms with Crippen LogP contribution in [0, 0.1) is 0 Å². The van der Waals surface area contributed by atoms with E-state index >= 15 is 0 Å². The highest BCUT2D eigenvalue weighted by Gasteiger charge is 1.97. The van der Waals surface area contributed by atoms with Gasteiger partial charge in [-0.15, -0.1) is 10.2 Å². The van der Waals surface area contributed by atoms with Crippen LogP contribution in [0.4, 0.5) is 5.82 Å². The largest absolute Gasteiger partial charge is 0.382 e. The van der Waals surface area contributed by atoms with Gasteiger partial charge in [-0.2, -0.15) is 5.10 Å². The lowest BCUT2D eigenvalue weighted by Crippen LogP contribution is -1.99. The third kappa shape index (κ3) is 1.12. The Morgan fingerprint density at radius 3 is 2.83 bits per heavy atom. The molecule has 0 aliphatic carbocycles. The molecule has 2 aromatic rings. The third-order valence-corrected chi connectivity index (χ3v) is 1.40. The van der Waals surface area contributed by atoms with Crippen molar-refractivity contribution in [2.45, 2.75) is 0 Å². The minimum Gasteiger partial charge on any atom is -0.382 e. The molecule has 0 aliphatic rings. The minimum atomic E-state index is 0.473.